The van der Waals surface area contributed by atoms with E-state index in [4.69, 9.17) is 0 Å². The van der Waals surface area contributed by atoms with E-state index < -0.39 is 11.9 Å². The molecule has 1 aliphatic rings. The lowest BCUT2D eigenvalue weighted by Crippen LogP contribution is -2.42. The molecule has 1 aromatic carbocycles. The summed E-state index contributed by atoms with van der Waals surface area (Å²) < 4.78 is 38.7. The van der Waals surface area contributed by atoms with E-state index in [1.165, 1.54) is 0 Å². The number of aryl methyl sites for hydroxylation is 1. The Balaban J connectivity index is 1.49. The van der Waals surface area contributed by atoms with Crippen LogP contribution in [-0.4, -0.2) is 38.4 Å². The van der Waals surface area contributed by atoms with Crippen molar-refractivity contribution in [2.24, 2.45) is 0 Å². The summed E-state index contributed by atoms with van der Waals surface area (Å²) >= 11 is 0. The summed E-state index contributed by atoms with van der Waals surface area (Å²) in [5.41, 5.74) is 1.94. The number of piperidine rings is 1. The molecule has 1 saturated heterocycles. The van der Waals surface area contributed by atoms with Gasteiger partial charge in [-0.25, -0.2) is 19.9 Å². The molecule has 0 bridgehead atoms. The standard InChI is InChI=1S/C21H20F3N7O/c1-12-6-13(8-16(7-12)30-20-25-5-4-17(31-20)21(22,23)24)14-9-27-19(28-10-14)29-15-2-3-18(32)26-11-15/h4-10,15H,2-3,11H2,1H3,(H,26,32)(H,25,30,31)(H,27,28,29). The smallest absolute Gasteiger partial charge is 0.354 e. The van der Waals surface area contributed by atoms with E-state index in [0.717, 1.165) is 29.0 Å². The molecule has 1 atom stereocenters. The van der Waals surface area contributed by atoms with E-state index >= 15 is 0 Å². The number of alkyl halides is 3. The van der Waals surface area contributed by atoms with Crippen molar-refractivity contribution < 1.29 is 18.0 Å². The Labute approximate surface area is 181 Å². The van der Waals surface area contributed by atoms with Gasteiger partial charge >= 0.3 is 6.18 Å². The van der Waals surface area contributed by atoms with Crippen molar-refractivity contribution in [1.29, 1.82) is 0 Å². The summed E-state index contributed by atoms with van der Waals surface area (Å²) in [7, 11) is 0. The molecule has 0 spiro atoms. The minimum absolute atomic E-state index is 0.0405. The van der Waals surface area contributed by atoms with Gasteiger partial charge < -0.3 is 16.0 Å². The summed E-state index contributed by atoms with van der Waals surface area (Å²) in [4.78, 5) is 27.4. The number of nitrogens with zero attached hydrogens (tertiary/aromatic N) is 4. The third kappa shape index (κ3) is 5.29. The first kappa shape index (κ1) is 21.5. The number of nitrogens with one attached hydrogen (secondary N) is 3. The average molecular weight is 443 g/mol. The Hall–Kier alpha value is -3.76. The highest BCUT2D eigenvalue weighted by Crippen LogP contribution is 2.29. The molecular weight excluding hydrogens is 423 g/mol. The number of benzene rings is 1. The quantitative estimate of drug-likeness (QED) is 0.552. The van der Waals surface area contributed by atoms with Crippen LogP contribution in [0, 0.1) is 6.92 Å². The Bertz CT molecular complexity index is 1110. The van der Waals surface area contributed by atoms with Crippen LogP contribution in [0.15, 0.2) is 42.9 Å². The Morgan fingerprint density at radius 1 is 1.06 bits per heavy atom. The molecule has 0 radical (unpaired) electrons. The van der Waals surface area contributed by atoms with Gasteiger partial charge in [-0.2, -0.15) is 13.2 Å². The second-order valence-corrected chi connectivity index (χ2v) is 7.46. The van der Waals surface area contributed by atoms with E-state index in [9.17, 15) is 18.0 Å². The first-order valence-electron chi connectivity index (χ1n) is 9.91. The number of aromatic nitrogens is 4. The van der Waals surface area contributed by atoms with Crippen LogP contribution >= 0.6 is 0 Å². The fourth-order valence-corrected chi connectivity index (χ4v) is 3.32. The molecule has 11 heteroatoms. The van der Waals surface area contributed by atoms with Crippen LogP contribution in [0.4, 0.5) is 30.8 Å². The summed E-state index contributed by atoms with van der Waals surface area (Å²) in [5.74, 6) is 0.351. The Morgan fingerprint density at radius 2 is 1.84 bits per heavy atom. The summed E-state index contributed by atoms with van der Waals surface area (Å²) in [5, 5.41) is 8.82. The van der Waals surface area contributed by atoms with Crippen molar-refractivity contribution >= 4 is 23.5 Å². The molecule has 3 heterocycles. The minimum Gasteiger partial charge on any atom is -0.354 e. The second kappa shape index (κ2) is 8.77. The molecule has 2 aromatic heterocycles. The topological polar surface area (TPSA) is 105 Å². The zero-order valence-electron chi connectivity index (χ0n) is 17.1. The highest BCUT2D eigenvalue weighted by molar-refractivity contribution is 5.77. The van der Waals surface area contributed by atoms with Crippen LogP contribution in [-0.2, 0) is 11.0 Å². The Kier molecular flexibility index (Phi) is 5.89. The molecule has 1 unspecified atom stereocenters. The molecule has 0 aliphatic carbocycles. The third-order valence-electron chi connectivity index (χ3n) is 4.86. The maximum Gasteiger partial charge on any atom is 0.433 e. The highest BCUT2D eigenvalue weighted by atomic mass is 19.4. The number of carbonyl (C=O) groups excluding carboxylic acids is 1. The maximum atomic E-state index is 12.9. The van der Waals surface area contributed by atoms with Crippen molar-refractivity contribution in [3.05, 3.63) is 54.1 Å². The lowest BCUT2D eigenvalue weighted by atomic mass is 10.1. The molecule has 3 N–H and O–H groups in total. The second-order valence-electron chi connectivity index (χ2n) is 7.46. The first-order chi connectivity index (χ1) is 15.3. The molecule has 1 fully saturated rings. The van der Waals surface area contributed by atoms with Crippen LogP contribution in [0.25, 0.3) is 11.1 Å². The predicted octanol–water partition coefficient (Wildman–Crippen LogP) is 3.69. The number of hydrogen-bond donors (Lipinski definition) is 3. The molecule has 3 aromatic rings. The largest absolute Gasteiger partial charge is 0.433 e. The third-order valence-corrected chi connectivity index (χ3v) is 4.86. The van der Waals surface area contributed by atoms with Crippen LogP contribution < -0.4 is 16.0 Å². The van der Waals surface area contributed by atoms with Gasteiger partial charge in [0.05, 0.1) is 0 Å². The van der Waals surface area contributed by atoms with Gasteiger partial charge in [0.2, 0.25) is 17.8 Å². The van der Waals surface area contributed by atoms with E-state index in [1.54, 1.807) is 24.5 Å². The fraction of sp³-hybridized carbons (Fsp3) is 0.286. The average Bonchev–Trinajstić information content (AvgIpc) is 2.75. The van der Waals surface area contributed by atoms with Crippen LogP contribution in [0.5, 0.6) is 0 Å². The molecule has 32 heavy (non-hydrogen) atoms. The maximum absolute atomic E-state index is 12.9. The van der Waals surface area contributed by atoms with Gasteiger partial charge in [0, 0.05) is 48.8 Å². The number of amides is 1. The van der Waals surface area contributed by atoms with Crippen LogP contribution in [0.3, 0.4) is 0 Å². The summed E-state index contributed by atoms with van der Waals surface area (Å²) in [6.45, 7) is 2.39. The zero-order chi connectivity index (χ0) is 22.7. The number of rotatable bonds is 5. The Morgan fingerprint density at radius 3 is 2.53 bits per heavy atom. The number of hydrogen-bond acceptors (Lipinski definition) is 7. The van der Waals surface area contributed by atoms with E-state index in [1.807, 2.05) is 13.0 Å². The van der Waals surface area contributed by atoms with Crippen LogP contribution in [0.1, 0.15) is 24.1 Å². The number of anilines is 3. The molecule has 1 aliphatic heterocycles. The van der Waals surface area contributed by atoms with Gasteiger partial charge in [0.15, 0.2) is 0 Å². The monoisotopic (exact) mass is 443 g/mol. The SMILES string of the molecule is Cc1cc(Nc2nccc(C(F)(F)F)n2)cc(-c2cnc(NC3CCC(=O)NC3)nc2)c1. The number of carbonyl (C=O) groups is 1. The summed E-state index contributed by atoms with van der Waals surface area (Å²) in [6, 6.07) is 6.35. The van der Waals surface area contributed by atoms with Crippen molar-refractivity contribution in [3.63, 3.8) is 0 Å². The minimum atomic E-state index is -4.55. The fourth-order valence-electron chi connectivity index (χ4n) is 3.32. The van der Waals surface area contributed by atoms with E-state index in [0.29, 0.717) is 31.0 Å². The van der Waals surface area contributed by atoms with Gasteiger partial charge in [-0.1, -0.05) is 6.07 Å². The molecule has 0 saturated carbocycles. The van der Waals surface area contributed by atoms with E-state index in [2.05, 4.69) is 35.9 Å². The molecule has 8 nitrogen and oxygen atoms in total. The molecule has 166 valence electrons. The van der Waals surface area contributed by atoms with Gasteiger partial charge in [-0.15, -0.1) is 0 Å². The first-order valence-corrected chi connectivity index (χ1v) is 9.91. The van der Waals surface area contributed by atoms with Gasteiger partial charge in [-0.3, -0.25) is 4.79 Å². The summed E-state index contributed by atoms with van der Waals surface area (Å²) in [6.07, 6.45) is 1.01. The predicted molar refractivity (Wildman–Crippen MR) is 112 cm³/mol. The normalized spacial score (nSPS) is 16.4. The molecule has 4 rings (SSSR count). The van der Waals surface area contributed by atoms with Crippen molar-refractivity contribution in [1.82, 2.24) is 25.3 Å². The van der Waals surface area contributed by atoms with Gasteiger partial charge in [-0.05, 0) is 42.7 Å². The zero-order valence-corrected chi connectivity index (χ0v) is 17.1. The van der Waals surface area contributed by atoms with Crippen LogP contribution in [0.2, 0.25) is 0 Å². The van der Waals surface area contributed by atoms with E-state index in [-0.39, 0.29) is 17.9 Å². The lowest BCUT2D eigenvalue weighted by Gasteiger charge is -2.23. The van der Waals surface area contributed by atoms with Crippen molar-refractivity contribution in [2.45, 2.75) is 32.0 Å². The van der Waals surface area contributed by atoms with Gasteiger partial charge in [0.25, 0.3) is 0 Å². The molecule has 1 amide bonds. The van der Waals surface area contributed by atoms with Gasteiger partial charge in [0.1, 0.15) is 5.69 Å². The highest BCUT2D eigenvalue weighted by Gasteiger charge is 2.32. The van der Waals surface area contributed by atoms with Crippen molar-refractivity contribution in [2.75, 3.05) is 17.2 Å². The lowest BCUT2D eigenvalue weighted by molar-refractivity contribution is -0.141. The molecular formula is C21H20F3N7O. The number of halogens is 3. The van der Waals surface area contributed by atoms with Crippen molar-refractivity contribution in [3.8, 4) is 11.1 Å².